The number of carbonyl (C=O) groups is 2. The summed E-state index contributed by atoms with van der Waals surface area (Å²) in [6.07, 6.45) is 3.64. The number of rotatable bonds is 3. The van der Waals surface area contributed by atoms with E-state index in [0.717, 1.165) is 19.3 Å². The molecule has 0 bridgehead atoms. The molecule has 0 radical (unpaired) electrons. The first-order chi connectivity index (χ1) is 9.24. The summed E-state index contributed by atoms with van der Waals surface area (Å²) < 4.78 is 5.41. The maximum Gasteiger partial charge on any atom is 0.338 e. The first-order valence-electron chi connectivity index (χ1n) is 6.98. The first kappa shape index (κ1) is 12.4. The predicted octanol–water partition coefficient (Wildman–Crippen LogP) is 2.85. The highest BCUT2D eigenvalue weighted by atomic mass is 16.5. The number of hydrogen-bond donors (Lipinski definition) is 0. The Morgan fingerprint density at radius 3 is 2.74 bits per heavy atom. The van der Waals surface area contributed by atoms with Crippen LogP contribution in [0.25, 0.3) is 0 Å². The predicted molar refractivity (Wildman–Crippen MR) is 70.7 cm³/mol. The highest BCUT2D eigenvalue weighted by Crippen LogP contribution is 2.46. The van der Waals surface area contributed by atoms with E-state index >= 15 is 0 Å². The molecule has 3 atom stereocenters. The van der Waals surface area contributed by atoms with Gasteiger partial charge in [0.1, 0.15) is 5.78 Å². The number of ether oxygens (including phenoxy) is 1. The normalized spacial score (nSPS) is 29.3. The van der Waals surface area contributed by atoms with Crippen LogP contribution in [0.5, 0.6) is 0 Å². The quantitative estimate of drug-likeness (QED) is 0.783. The smallest absolute Gasteiger partial charge is 0.338 e. The van der Waals surface area contributed by atoms with Crippen molar-refractivity contribution in [2.24, 2.45) is 17.8 Å². The average Bonchev–Trinajstić information content (AvgIpc) is 2.96. The average molecular weight is 258 g/mol. The molecule has 19 heavy (non-hydrogen) atoms. The van der Waals surface area contributed by atoms with Gasteiger partial charge in [-0.3, -0.25) is 4.79 Å². The molecule has 0 N–H and O–H groups in total. The molecule has 3 heteroatoms. The molecule has 2 aliphatic carbocycles. The molecular formula is C16H18O3. The van der Waals surface area contributed by atoms with Crippen LogP contribution in [0.15, 0.2) is 30.3 Å². The number of benzene rings is 1. The molecule has 1 aromatic carbocycles. The van der Waals surface area contributed by atoms with E-state index in [2.05, 4.69) is 0 Å². The maximum absolute atomic E-state index is 11.9. The van der Waals surface area contributed by atoms with Crippen LogP contribution in [0, 0.1) is 17.8 Å². The van der Waals surface area contributed by atoms with Crippen LogP contribution in [0.3, 0.4) is 0 Å². The largest absolute Gasteiger partial charge is 0.462 e. The molecule has 2 fully saturated rings. The number of hydrogen-bond acceptors (Lipinski definition) is 3. The first-order valence-corrected chi connectivity index (χ1v) is 6.98. The number of carbonyl (C=O) groups excluding carboxylic acids is 2. The van der Waals surface area contributed by atoms with Crippen molar-refractivity contribution < 1.29 is 14.3 Å². The minimum absolute atomic E-state index is 0.256. The molecule has 2 aliphatic rings. The number of Topliss-reactive ketones (excluding diaryl/α,β-unsaturated/α-hetero) is 1. The third-order valence-electron chi connectivity index (χ3n) is 4.51. The van der Waals surface area contributed by atoms with Crippen LogP contribution in [-0.2, 0) is 9.53 Å². The zero-order valence-electron chi connectivity index (χ0n) is 10.9. The van der Waals surface area contributed by atoms with Gasteiger partial charge in [-0.25, -0.2) is 4.79 Å². The second-order valence-corrected chi connectivity index (χ2v) is 5.67. The van der Waals surface area contributed by atoms with Gasteiger partial charge in [0, 0.05) is 12.8 Å². The Morgan fingerprint density at radius 1 is 1.16 bits per heavy atom. The van der Waals surface area contributed by atoms with Crippen molar-refractivity contribution in [2.45, 2.75) is 25.7 Å². The van der Waals surface area contributed by atoms with Crippen molar-refractivity contribution in [3.05, 3.63) is 35.9 Å². The molecule has 0 aromatic heterocycles. The van der Waals surface area contributed by atoms with Gasteiger partial charge in [-0.1, -0.05) is 18.2 Å². The van der Waals surface area contributed by atoms with Crippen molar-refractivity contribution in [1.29, 1.82) is 0 Å². The zero-order chi connectivity index (χ0) is 13.2. The van der Waals surface area contributed by atoms with Gasteiger partial charge in [0.15, 0.2) is 0 Å². The highest BCUT2D eigenvalue weighted by molar-refractivity contribution is 5.89. The van der Waals surface area contributed by atoms with Gasteiger partial charge < -0.3 is 4.74 Å². The molecule has 0 saturated heterocycles. The highest BCUT2D eigenvalue weighted by Gasteiger charge is 2.43. The summed E-state index contributed by atoms with van der Waals surface area (Å²) in [6.45, 7) is 0.460. The Kier molecular flexibility index (Phi) is 3.36. The number of esters is 1. The molecule has 0 aliphatic heterocycles. The third-order valence-corrected chi connectivity index (χ3v) is 4.51. The molecule has 0 spiro atoms. The Balaban J connectivity index is 1.56. The van der Waals surface area contributed by atoms with Crippen molar-refractivity contribution in [3.63, 3.8) is 0 Å². The molecule has 0 amide bonds. The third kappa shape index (κ3) is 2.55. The minimum atomic E-state index is -0.256. The molecule has 3 nitrogen and oxygen atoms in total. The van der Waals surface area contributed by atoms with Gasteiger partial charge in [-0.05, 0) is 42.7 Å². The number of fused-ring (bicyclic) bond motifs is 1. The Morgan fingerprint density at radius 2 is 1.95 bits per heavy atom. The van der Waals surface area contributed by atoms with E-state index in [9.17, 15) is 9.59 Å². The fourth-order valence-corrected chi connectivity index (χ4v) is 3.51. The van der Waals surface area contributed by atoms with E-state index in [1.165, 1.54) is 0 Å². The van der Waals surface area contributed by atoms with E-state index in [1.54, 1.807) is 12.1 Å². The van der Waals surface area contributed by atoms with E-state index in [4.69, 9.17) is 4.74 Å². The van der Waals surface area contributed by atoms with Gasteiger partial charge in [0.25, 0.3) is 0 Å². The molecular weight excluding hydrogens is 240 g/mol. The van der Waals surface area contributed by atoms with Gasteiger partial charge in [-0.15, -0.1) is 0 Å². The van der Waals surface area contributed by atoms with Crippen LogP contribution in [0.1, 0.15) is 36.0 Å². The lowest BCUT2D eigenvalue weighted by Gasteiger charge is -2.17. The fraction of sp³-hybridized carbons (Fsp3) is 0.500. The second-order valence-electron chi connectivity index (χ2n) is 5.67. The van der Waals surface area contributed by atoms with Crippen molar-refractivity contribution in [3.8, 4) is 0 Å². The minimum Gasteiger partial charge on any atom is -0.462 e. The number of ketones is 1. The van der Waals surface area contributed by atoms with Crippen LogP contribution in [-0.4, -0.2) is 18.4 Å². The van der Waals surface area contributed by atoms with Crippen molar-refractivity contribution in [2.75, 3.05) is 6.61 Å². The lowest BCUT2D eigenvalue weighted by atomic mass is 9.93. The van der Waals surface area contributed by atoms with E-state index < -0.39 is 0 Å². The van der Waals surface area contributed by atoms with Crippen LogP contribution < -0.4 is 0 Å². The summed E-state index contributed by atoms with van der Waals surface area (Å²) in [6, 6.07) is 9.07. The van der Waals surface area contributed by atoms with E-state index in [1.807, 2.05) is 18.2 Å². The van der Waals surface area contributed by atoms with Gasteiger partial charge in [0.2, 0.25) is 0 Å². The molecule has 2 saturated carbocycles. The Hall–Kier alpha value is -1.64. The lowest BCUT2D eigenvalue weighted by molar-refractivity contribution is -0.118. The van der Waals surface area contributed by atoms with Crippen LogP contribution in [0.2, 0.25) is 0 Å². The van der Waals surface area contributed by atoms with Gasteiger partial charge in [0.05, 0.1) is 12.2 Å². The lowest BCUT2D eigenvalue weighted by Crippen LogP contribution is -2.18. The summed E-state index contributed by atoms with van der Waals surface area (Å²) in [5.74, 6) is 1.51. The fourth-order valence-electron chi connectivity index (χ4n) is 3.51. The zero-order valence-corrected chi connectivity index (χ0v) is 10.9. The van der Waals surface area contributed by atoms with Gasteiger partial charge in [-0.2, -0.15) is 0 Å². The topological polar surface area (TPSA) is 43.4 Å². The molecule has 3 unspecified atom stereocenters. The van der Waals surface area contributed by atoms with Crippen LogP contribution in [0.4, 0.5) is 0 Å². The van der Waals surface area contributed by atoms with E-state index in [0.29, 0.717) is 42.1 Å². The molecule has 0 heterocycles. The van der Waals surface area contributed by atoms with Crippen molar-refractivity contribution >= 4 is 11.8 Å². The summed E-state index contributed by atoms with van der Waals surface area (Å²) in [7, 11) is 0. The summed E-state index contributed by atoms with van der Waals surface area (Å²) in [5.41, 5.74) is 0.597. The van der Waals surface area contributed by atoms with Crippen molar-refractivity contribution in [1.82, 2.24) is 0 Å². The maximum atomic E-state index is 11.9. The SMILES string of the molecule is O=C1CC2CCC(COC(=O)c3ccccc3)C2C1. The van der Waals surface area contributed by atoms with Crippen LogP contribution >= 0.6 is 0 Å². The summed E-state index contributed by atoms with van der Waals surface area (Å²) in [5, 5.41) is 0. The summed E-state index contributed by atoms with van der Waals surface area (Å²) in [4.78, 5) is 23.3. The van der Waals surface area contributed by atoms with E-state index in [-0.39, 0.29) is 5.97 Å². The Bertz CT molecular complexity index is 480. The standard InChI is InChI=1S/C16H18O3/c17-14-8-12-6-7-13(15(12)9-14)10-19-16(18)11-4-2-1-3-5-11/h1-5,12-13,15H,6-10H2. The molecule has 3 rings (SSSR count). The monoisotopic (exact) mass is 258 g/mol. The molecule has 100 valence electrons. The second kappa shape index (κ2) is 5.16. The molecule has 1 aromatic rings. The Labute approximate surface area is 113 Å². The summed E-state index contributed by atoms with van der Waals surface area (Å²) >= 11 is 0. The van der Waals surface area contributed by atoms with Gasteiger partial charge >= 0.3 is 5.97 Å².